The summed E-state index contributed by atoms with van der Waals surface area (Å²) in [6.07, 6.45) is 0.700. The number of fused-ring (bicyclic) bond motifs is 3. The first-order valence-corrected chi connectivity index (χ1v) is 6.90. The van der Waals surface area contributed by atoms with Gasteiger partial charge in [0.05, 0.1) is 0 Å². The lowest BCUT2D eigenvalue weighted by molar-refractivity contribution is 0.627. The van der Waals surface area contributed by atoms with Gasteiger partial charge in [0.1, 0.15) is 11.5 Å². The van der Waals surface area contributed by atoms with Crippen LogP contribution in [0.5, 0.6) is 0 Å². The molecule has 4 aromatic rings. The number of hydrogen-bond acceptors (Lipinski definition) is 1. The first-order chi connectivity index (χ1) is 10.3. The van der Waals surface area contributed by atoms with Crippen LogP contribution in [0.4, 0.5) is 4.39 Å². The topological polar surface area (TPSA) is 28.7 Å². The second-order valence-electron chi connectivity index (χ2n) is 5.17. The highest BCUT2D eigenvalue weighted by atomic mass is 19.1. The summed E-state index contributed by atoms with van der Waals surface area (Å²) in [5.74, 6) is -0.210. The SMILES string of the molecule is Fc1ccc(Cc2ccc3c(n2)[nH]c2ccccc23)cc1. The minimum absolute atomic E-state index is 0.210. The lowest BCUT2D eigenvalue weighted by Crippen LogP contribution is -1.92. The van der Waals surface area contributed by atoms with Gasteiger partial charge in [-0.1, -0.05) is 30.3 Å². The van der Waals surface area contributed by atoms with Gasteiger partial charge in [0.25, 0.3) is 0 Å². The van der Waals surface area contributed by atoms with Crippen LogP contribution in [0.25, 0.3) is 21.9 Å². The van der Waals surface area contributed by atoms with Crippen molar-refractivity contribution in [3.05, 3.63) is 77.7 Å². The van der Waals surface area contributed by atoms with E-state index in [1.54, 1.807) is 12.1 Å². The minimum atomic E-state index is -0.210. The van der Waals surface area contributed by atoms with Crippen molar-refractivity contribution >= 4 is 21.9 Å². The Morgan fingerprint density at radius 1 is 0.857 bits per heavy atom. The fourth-order valence-corrected chi connectivity index (χ4v) is 2.68. The molecule has 4 rings (SSSR count). The molecule has 2 nitrogen and oxygen atoms in total. The normalized spacial score (nSPS) is 11.3. The summed E-state index contributed by atoms with van der Waals surface area (Å²) < 4.78 is 12.9. The molecule has 0 saturated heterocycles. The third-order valence-corrected chi connectivity index (χ3v) is 3.72. The van der Waals surface area contributed by atoms with Crippen molar-refractivity contribution in [2.45, 2.75) is 6.42 Å². The zero-order valence-corrected chi connectivity index (χ0v) is 11.3. The van der Waals surface area contributed by atoms with E-state index in [9.17, 15) is 4.39 Å². The fourth-order valence-electron chi connectivity index (χ4n) is 2.68. The molecular formula is C18H13FN2. The third kappa shape index (κ3) is 2.17. The van der Waals surface area contributed by atoms with Gasteiger partial charge in [0, 0.05) is 28.4 Å². The van der Waals surface area contributed by atoms with E-state index in [-0.39, 0.29) is 5.82 Å². The Kier molecular flexibility index (Phi) is 2.71. The van der Waals surface area contributed by atoms with Crippen LogP contribution in [-0.4, -0.2) is 9.97 Å². The van der Waals surface area contributed by atoms with Gasteiger partial charge in [-0.3, -0.25) is 0 Å². The second kappa shape index (κ2) is 4.70. The number of aromatic nitrogens is 2. The Bertz CT molecular complexity index is 923. The summed E-state index contributed by atoms with van der Waals surface area (Å²) in [6.45, 7) is 0. The number of nitrogens with zero attached hydrogens (tertiary/aromatic N) is 1. The highest BCUT2D eigenvalue weighted by molar-refractivity contribution is 6.05. The molecule has 0 radical (unpaired) electrons. The van der Waals surface area contributed by atoms with Crippen LogP contribution in [0, 0.1) is 5.82 Å². The van der Waals surface area contributed by atoms with Gasteiger partial charge in [-0.2, -0.15) is 0 Å². The van der Waals surface area contributed by atoms with Crippen molar-refractivity contribution in [1.29, 1.82) is 0 Å². The van der Waals surface area contributed by atoms with Gasteiger partial charge >= 0.3 is 0 Å². The monoisotopic (exact) mass is 276 g/mol. The second-order valence-corrected chi connectivity index (χ2v) is 5.17. The van der Waals surface area contributed by atoms with Crippen LogP contribution in [0.2, 0.25) is 0 Å². The average molecular weight is 276 g/mol. The molecule has 0 aliphatic heterocycles. The Morgan fingerprint density at radius 3 is 2.52 bits per heavy atom. The summed E-state index contributed by atoms with van der Waals surface area (Å²) >= 11 is 0. The molecule has 1 N–H and O–H groups in total. The van der Waals surface area contributed by atoms with E-state index in [0.717, 1.165) is 27.8 Å². The van der Waals surface area contributed by atoms with Crippen molar-refractivity contribution in [1.82, 2.24) is 9.97 Å². The highest BCUT2D eigenvalue weighted by Crippen LogP contribution is 2.24. The zero-order chi connectivity index (χ0) is 14.2. The first kappa shape index (κ1) is 12.1. The van der Waals surface area contributed by atoms with Gasteiger partial charge in [0.15, 0.2) is 0 Å². The molecule has 2 heterocycles. The standard InChI is InChI=1S/C18H13FN2/c19-13-7-5-12(6-8-13)11-14-9-10-16-15-3-1-2-4-17(15)21-18(16)20-14/h1-10H,11H2,(H,20,21). The van der Waals surface area contributed by atoms with Crippen LogP contribution in [0.3, 0.4) is 0 Å². The van der Waals surface area contributed by atoms with Crippen LogP contribution in [0.15, 0.2) is 60.7 Å². The van der Waals surface area contributed by atoms with E-state index in [1.165, 1.54) is 17.5 Å². The lowest BCUT2D eigenvalue weighted by atomic mass is 10.1. The predicted molar refractivity (Wildman–Crippen MR) is 82.8 cm³/mol. The summed E-state index contributed by atoms with van der Waals surface area (Å²) in [5, 5.41) is 2.32. The molecule has 0 aliphatic rings. The number of H-pyrrole nitrogens is 1. The number of aromatic amines is 1. The maximum absolute atomic E-state index is 12.9. The van der Waals surface area contributed by atoms with Gasteiger partial charge < -0.3 is 4.98 Å². The molecule has 102 valence electrons. The highest BCUT2D eigenvalue weighted by Gasteiger charge is 2.06. The van der Waals surface area contributed by atoms with Crippen molar-refractivity contribution in [3.8, 4) is 0 Å². The molecule has 0 unspecified atom stereocenters. The summed E-state index contributed by atoms with van der Waals surface area (Å²) in [5.41, 5.74) is 4.02. The molecular weight excluding hydrogens is 263 g/mol. The van der Waals surface area contributed by atoms with Crippen LogP contribution in [0.1, 0.15) is 11.3 Å². The summed E-state index contributed by atoms with van der Waals surface area (Å²) in [4.78, 5) is 8.02. The molecule has 2 aromatic carbocycles. The van der Waals surface area contributed by atoms with Crippen LogP contribution < -0.4 is 0 Å². The number of para-hydroxylation sites is 1. The van der Waals surface area contributed by atoms with Crippen molar-refractivity contribution in [2.24, 2.45) is 0 Å². The molecule has 0 fully saturated rings. The number of rotatable bonds is 2. The van der Waals surface area contributed by atoms with Crippen LogP contribution in [-0.2, 0) is 6.42 Å². The van der Waals surface area contributed by atoms with E-state index in [2.05, 4.69) is 28.2 Å². The summed E-state index contributed by atoms with van der Waals surface area (Å²) in [7, 11) is 0. The van der Waals surface area contributed by atoms with Crippen molar-refractivity contribution < 1.29 is 4.39 Å². The van der Waals surface area contributed by atoms with E-state index in [4.69, 9.17) is 0 Å². The lowest BCUT2D eigenvalue weighted by Gasteiger charge is -2.01. The molecule has 2 aromatic heterocycles. The van der Waals surface area contributed by atoms with E-state index in [1.807, 2.05) is 18.2 Å². The Hall–Kier alpha value is -2.68. The molecule has 3 heteroatoms. The quantitative estimate of drug-likeness (QED) is 0.576. The third-order valence-electron chi connectivity index (χ3n) is 3.72. The number of hydrogen-bond donors (Lipinski definition) is 1. The van der Waals surface area contributed by atoms with E-state index < -0.39 is 0 Å². The zero-order valence-electron chi connectivity index (χ0n) is 11.3. The first-order valence-electron chi connectivity index (χ1n) is 6.90. The predicted octanol–water partition coefficient (Wildman–Crippen LogP) is 4.45. The van der Waals surface area contributed by atoms with Gasteiger partial charge in [-0.25, -0.2) is 9.37 Å². The maximum Gasteiger partial charge on any atom is 0.138 e. The van der Waals surface area contributed by atoms with Gasteiger partial charge in [-0.15, -0.1) is 0 Å². The van der Waals surface area contributed by atoms with Gasteiger partial charge in [0.2, 0.25) is 0 Å². The molecule has 0 spiro atoms. The molecule has 0 bridgehead atoms. The van der Waals surface area contributed by atoms with E-state index >= 15 is 0 Å². The summed E-state index contributed by atoms with van der Waals surface area (Å²) in [6, 6.07) is 18.9. The molecule has 0 amide bonds. The Morgan fingerprint density at radius 2 is 1.67 bits per heavy atom. The molecule has 21 heavy (non-hydrogen) atoms. The Balaban J connectivity index is 1.76. The molecule has 0 atom stereocenters. The maximum atomic E-state index is 12.9. The smallest absolute Gasteiger partial charge is 0.138 e. The number of benzene rings is 2. The minimum Gasteiger partial charge on any atom is -0.339 e. The number of halogens is 1. The van der Waals surface area contributed by atoms with Gasteiger partial charge in [-0.05, 0) is 35.9 Å². The number of pyridine rings is 1. The van der Waals surface area contributed by atoms with Crippen LogP contribution >= 0.6 is 0 Å². The average Bonchev–Trinajstić information content (AvgIpc) is 2.87. The van der Waals surface area contributed by atoms with Crippen molar-refractivity contribution in [2.75, 3.05) is 0 Å². The largest absolute Gasteiger partial charge is 0.339 e. The molecule has 0 saturated carbocycles. The fraction of sp³-hybridized carbons (Fsp3) is 0.0556. The van der Waals surface area contributed by atoms with Crippen molar-refractivity contribution in [3.63, 3.8) is 0 Å². The van der Waals surface area contributed by atoms with E-state index in [0.29, 0.717) is 6.42 Å². The Labute approximate surface area is 121 Å². The molecule has 0 aliphatic carbocycles. The number of nitrogens with one attached hydrogen (secondary N) is 1.